The lowest BCUT2D eigenvalue weighted by Gasteiger charge is -1.99. The maximum atomic E-state index is 5.52. The van der Waals surface area contributed by atoms with Crippen molar-refractivity contribution in [1.82, 2.24) is 15.3 Å². The number of nitrogens with two attached hydrogens (primary N) is 2. The third-order valence-electron chi connectivity index (χ3n) is 1.84. The normalized spacial score (nSPS) is 10.1. The van der Waals surface area contributed by atoms with Crippen LogP contribution in [0.3, 0.4) is 0 Å². The summed E-state index contributed by atoms with van der Waals surface area (Å²) in [6.07, 6.45) is 0. The average molecular weight is 207 g/mol. The molecule has 1 aromatic heterocycles. The largest absolute Gasteiger partial charge is 0.424 e. The average Bonchev–Trinajstić information content (AvgIpc) is 2.59. The van der Waals surface area contributed by atoms with E-state index in [1.807, 2.05) is 30.3 Å². The van der Waals surface area contributed by atoms with Crippen molar-refractivity contribution in [3.05, 3.63) is 35.9 Å². The van der Waals surface area contributed by atoms with Crippen molar-refractivity contribution in [3.8, 4) is 0 Å². The Morgan fingerprint density at radius 1 is 1.33 bits per heavy atom. The highest BCUT2D eigenvalue weighted by atomic mass is 16.7. The van der Waals surface area contributed by atoms with Crippen LogP contribution in [0.2, 0.25) is 0 Å². The molecule has 1 aromatic carbocycles. The third kappa shape index (κ3) is 1.96. The maximum absolute atomic E-state index is 5.52. The summed E-state index contributed by atoms with van der Waals surface area (Å²) in [6, 6.07) is 9.65. The molecular weight excluding hydrogens is 196 g/mol. The van der Waals surface area contributed by atoms with E-state index in [1.54, 1.807) is 0 Å². The predicted octanol–water partition coefficient (Wildman–Crippen LogP) is -1.51. The van der Waals surface area contributed by atoms with E-state index in [2.05, 4.69) is 10.4 Å². The second-order valence-electron chi connectivity index (χ2n) is 2.91. The minimum absolute atomic E-state index is 0.130. The van der Waals surface area contributed by atoms with Crippen LogP contribution in [0.1, 0.15) is 5.56 Å². The SMILES string of the molecule is Nc1n(OCc2ccccc2)nn[n+]1N. The van der Waals surface area contributed by atoms with Gasteiger partial charge in [-0.3, -0.25) is 5.84 Å². The van der Waals surface area contributed by atoms with Gasteiger partial charge in [0.2, 0.25) is 0 Å². The van der Waals surface area contributed by atoms with E-state index < -0.39 is 0 Å². The molecule has 0 aliphatic heterocycles. The van der Waals surface area contributed by atoms with Gasteiger partial charge in [0.1, 0.15) is 0 Å². The number of benzene rings is 1. The van der Waals surface area contributed by atoms with Gasteiger partial charge in [-0.2, -0.15) is 0 Å². The van der Waals surface area contributed by atoms with Gasteiger partial charge in [0.25, 0.3) is 0 Å². The number of hydrogen-bond donors (Lipinski definition) is 2. The molecule has 7 heteroatoms. The maximum Gasteiger partial charge on any atom is 0.424 e. The minimum atomic E-state index is 0.130. The first-order valence-electron chi connectivity index (χ1n) is 4.33. The van der Waals surface area contributed by atoms with Gasteiger partial charge in [0.05, 0.1) is 10.1 Å². The first kappa shape index (κ1) is 9.25. The van der Waals surface area contributed by atoms with Crippen molar-refractivity contribution in [2.45, 2.75) is 6.61 Å². The molecule has 0 unspecified atom stereocenters. The molecule has 1 heterocycles. The van der Waals surface area contributed by atoms with Crippen molar-refractivity contribution in [2.24, 2.45) is 0 Å². The fourth-order valence-electron chi connectivity index (χ4n) is 1.06. The summed E-state index contributed by atoms with van der Waals surface area (Å²) in [5.41, 5.74) is 6.53. The Morgan fingerprint density at radius 2 is 2.07 bits per heavy atom. The zero-order chi connectivity index (χ0) is 10.7. The number of nitrogens with zero attached hydrogens (tertiary/aromatic N) is 4. The molecule has 0 saturated carbocycles. The number of tetrazole rings is 1. The minimum Gasteiger partial charge on any atom is -0.337 e. The van der Waals surface area contributed by atoms with Crippen LogP contribution in [0.5, 0.6) is 0 Å². The van der Waals surface area contributed by atoms with Gasteiger partial charge in [-0.15, -0.1) is 0 Å². The molecule has 0 saturated heterocycles. The number of nitrogen functional groups attached to an aromatic ring is 2. The number of anilines is 1. The summed E-state index contributed by atoms with van der Waals surface area (Å²) < 4.78 is 0. The second-order valence-corrected chi connectivity index (χ2v) is 2.91. The van der Waals surface area contributed by atoms with Crippen LogP contribution in [-0.4, -0.2) is 15.3 Å². The zero-order valence-electron chi connectivity index (χ0n) is 7.95. The van der Waals surface area contributed by atoms with Gasteiger partial charge in [-0.05, 0) is 10.4 Å². The Morgan fingerprint density at radius 3 is 2.67 bits per heavy atom. The molecule has 15 heavy (non-hydrogen) atoms. The van der Waals surface area contributed by atoms with Crippen molar-refractivity contribution in [3.63, 3.8) is 0 Å². The molecule has 0 amide bonds. The highest BCUT2D eigenvalue weighted by Crippen LogP contribution is 1.98. The molecule has 2 rings (SSSR count). The van der Waals surface area contributed by atoms with E-state index in [9.17, 15) is 0 Å². The fraction of sp³-hybridized carbons (Fsp3) is 0.125. The van der Waals surface area contributed by atoms with Gasteiger partial charge in [0.15, 0.2) is 11.8 Å². The molecule has 78 valence electrons. The predicted molar refractivity (Wildman–Crippen MR) is 51.5 cm³/mol. The Hall–Kier alpha value is -2.31. The number of hydrogen-bond acceptors (Lipinski definition) is 5. The fourth-order valence-corrected chi connectivity index (χ4v) is 1.06. The summed E-state index contributed by atoms with van der Waals surface area (Å²) in [6.45, 7) is 0.356. The topological polar surface area (TPSA) is 95.9 Å². The molecule has 0 spiro atoms. The van der Waals surface area contributed by atoms with Crippen molar-refractivity contribution in [1.29, 1.82) is 0 Å². The molecule has 0 atom stereocenters. The highest BCUT2D eigenvalue weighted by molar-refractivity contribution is 5.13. The standard InChI is InChI=1S/C8H10N6O/c9-8-13(10)11-12-14(8)15-6-7-4-2-1-3-5-7/h1-5,9H,6,10H2/p+1. The van der Waals surface area contributed by atoms with Crippen LogP contribution in [-0.2, 0) is 6.61 Å². The Balaban J connectivity index is 2.02. The molecule has 7 nitrogen and oxygen atoms in total. The van der Waals surface area contributed by atoms with Gasteiger partial charge in [-0.25, -0.2) is 0 Å². The van der Waals surface area contributed by atoms with E-state index in [4.69, 9.17) is 16.4 Å². The van der Waals surface area contributed by atoms with Gasteiger partial charge in [-0.1, -0.05) is 30.3 Å². The summed E-state index contributed by atoms with van der Waals surface area (Å²) in [5.74, 6) is 5.46. The molecule has 0 radical (unpaired) electrons. The van der Waals surface area contributed by atoms with Crippen LogP contribution in [0.25, 0.3) is 0 Å². The zero-order valence-corrected chi connectivity index (χ0v) is 7.95. The van der Waals surface area contributed by atoms with Gasteiger partial charge < -0.3 is 10.6 Å². The lowest BCUT2D eigenvalue weighted by molar-refractivity contribution is -0.687. The van der Waals surface area contributed by atoms with Crippen LogP contribution in [0.4, 0.5) is 5.95 Å². The first-order valence-corrected chi connectivity index (χ1v) is 4.33. The molecule has 0 fully saturated rings. The molecule has 0 bridgehead atoms. The summed E-state index contributed by atoms with van der Waals surface area (Å²) >= 11 is 0. The highest BCUT2D eigenvalue weighted by Gasteiger charge is 2.14. The summed E-state index contributed by atoms with van der Waals surface area (Å²) in [4.78, 5) is 7.27. The van der Waals surface area contributed by atoms with Crippen LogP contribution in [0.15, 0.2) is 30.3 Å². The molecule has 0 aliphatic carbocycles. The Labute approximate surface area is 85.8 Å². The summed E-state index contributed by atoms with van der Waals surface area (Å²) in [5, 5.41) is 7.07. The van der Waals surface area contributed by atoms with Crippen molar-refractivity contribution in [2.75, 3.05) is 11.6 Å². The van der Waals surface area contributed by atoms with E-state index in [1.165, 1.54) is 0 Å². The van der Waals surface area contributed by atoms with Gasteiger partial charge >= 0.3 is 5.95 Å². The van der Waals surface area contributed by atoms with Crippen LogP contribution in [0, 0.1) is 0 Å². The molecule has 4 N–H and O–H groups in total. The second kappa shape index (κ2) is 3.82. The Bertz CT molecular complexity index is 440. The monoisotopic (exact) mass is 207 g/mol. The number of rotatable bonds is 3. The Kier molecular flexibility index (Phi) is 2.36. The van der Waals surface area contributed by atoms with Crippen molar-refractivity contribution < 1.29 is 9.63 Å². The molecule has 2 aromatic rings. The third-order valence-corrected chi connectivity index (χ3v) is 1.84. The lowest BCUT2D eigenvalue weighted by atomic mass is 10.2. The van der Waals surface area contributed by atoms with E-state index in [-0.39, 0.29) is 5.95 Å². The van der Waals surface area contributed by atoms with Crippen molar-refractivity contribution >= 4 is 5.95 Å². The van der Waals surface area contributed by atoms with Crippen LogP contribution >= 0.6 is 0 Å². The summed E-state index contributed by atoms with van der Waals surface area (Å²) in [7, 11) is 0. The van der Waals surface area contributed by atoms with Gasteiger partial charge in [0, 0.05) is 0 Å². The quantitative estimate of drug-likeness (QED) is 0.471. The first-order chi connectivity index (χ1) is 7.27. The van der Waals surface area contributed by atoms with E-state index in [0.29, 0.717) is 6.61 Å². The number of aromatic nitrogens is 4. The lowest BCUT2D eigenvalue weighted by Crippen LogP contribution is -2.49. The molecular formula is C8H11N6O+. The smallest absolute Gasteiger partial charge is 0.337 e. The van der Waals surface area contributed by atoms with E-state index >= 15 is 0 Å². The van der Waals surface area contributed by atoms with E-state index in [0.717, 1.165) is 15.2 Å². The molecule has 0 aliphatic rings. The van der Waals surface area contributed by atoms with Crippen LogP contribution < -0.4 is 21.2 Å².